The van der Waals surface area contributed by atoms with E-state index in [0.29, 0.717) is 23.9 Å². The number of carbonyl (C=O) groups excluding carboxylic acids is 1. The zero-order valence-corrected chi connectivity index (χ0v) is 20.6. The number of rotatable bonds is 8. The smallest absolute Gasteiger partial charge is 0.253 e. The van der Waals surface area contributed by atoms with Gasteiger partial charge >= 0.3 is 0 Å². The highest BCUT2D eigenvalue weighted by molar-refractivity contribution is 5.94. The van der Waals surface area contributed by atoms with Crippen LogP contribution in [0.5, 0.6) is 0 Å². The minimum Gasteiger partial charge on any atom is -0.364 e. The average molecular weight is 500 g/mol. The average Bonchev–Trinajstić information content (AvgIpc) is 3.46. The summed E-state index contributed by atoms with van der Waals surface area (Å²) in [6, 6.07) is 19.7. The van der Waals surface area contributed by atoms with Crippen LogP contribution >= 0.6 is 0 Å². The van der Waals surface area contributed by atoms with Crippen molar-refractivity contribution < 1.29 is 9.18 Å². The van der Waals surface area contributed by atoms with Gasteiger partial charge in [0.05, 0.1) is 0 Å². The Morgan fingerprint density at radius 1 is 1.05 bits per heavy atom. The number of hydrogen-bond donors (Lipinski definition) is 4. The molecule has 0 aliphatic carbocycles. The van der Waals surface area contributed by atoms with Crippen LogP contribution in [0.1, 0.15) is 41.9 Å². The van der Waals surface area contributed by atoms with E-state index in [9.17, 15) is 9.18 Å². The minimum atomic E-state index is -0.295. The van der Waals surface area contributed by atoms with Gasteiger partial charge in [0.15, 0.2) is 0 Å². The van der Waals surface area contributed by atoms with Crippen molar-refractivity contribution in [1.29, 1.82) is 0 Å². The number of anilines is 4. The van der Waals surface area contributed by atoms with Crippen molar-refractivity contribution in [2.75, 3.05) is 23.7 Å². The quantitative estimate of drug-likeness (QED) is 0.260. The van der Waals surface area contributed by atoms with Crippen molar-refractivity contribution in [2.24, 2.45) is 0 Å². The summed E-state index contributed by atoms with van der Waals surface area (Å²) in [6.07, 6.45) is 5.58. The Morgan fingerprint density at radius 3 is 2.57 bits per heavy atom. The summed E-state index contributed by atoms with van der Waals surface area (Å²) >= 11 is 0. The van der Waals surface area contributed by atoms with E-state index in [0.717, 1.165) is 36.5 Å². The fourth-order valence-corrected chi connectivity index (χ4v) is 4.53. The van der Waals surface area contributed by atoms with E-state index >= 15 is 0 Å². The first-order chi connectivity index (χ1) is 18.0. The van der Waals surface area contributed by atoms with E-state index < -0.39 is 0 Å². The molecule has 1 aliphatic heterocycles. The van der Waals surface area contributed by atoms with Gasteiger partial charge < -0.3 is 25.8 Å². The lowest BCUT2D eigenvalue weighted by Gasteiger charge is -2.34. The van der Waals surface area contributed by atoms with Crippen LogP contribution < -0.4 is 16.0 Å². The summed E-state index contributed by atoms with van der Waals surface area (Å²) in [7, 11) is 0. The number of halogens is 1. The first-order valence-electron chi connectivity index (χ1n) is 12.4. The van der Waals surface area contributed by atoms with Gasteiger partial charge in [0.1, 0.15) is 11.6 Å². The third-order valence-electron chi connectivity index (χ3n) is 6.44. The van der Waals surface area contributed by atoms with E-state index in [-0.39, 0.29) is 23.8 Å². The van der Waals surface area contributed by atoms with Crippen molar-refractivity contribution in [3.8, 4) is 0 Å². The monoisotopic (exact) mass is 499 g/mol. The normalized spacial score (nSPS) is 16.3. The highest BCUT2D eigenvalue weighted by atomic mass is 19.1. The Morgan fingerprint density at radius 2 is 1.81 bits per heavy atom. The van der Waals surface area contributed by atoms with E-state index in [1.54, 1.807) is 24.4 Å². The number of nitrogens with zero attached hydrogens (tertiary/aromatic N) is 3. The van der Waals surface area contributed by atoms with Crippen molar-refractivity contribution in [2.45, 2.75) is 31.8 Å². The van der Waals surface area contributed by atoms with Crippen molar-refractivity contribution >= 4 is 29.0 Å². The molecule has 190 valence electrons. The molecule has 4 aromatic rings. The maximum Gasteiger partial charge on any atom is 0.253 e. The minimum absolute atomic E-state index is 0.0346. The molecule has 1 saturated heterocycles. The van der Waals surface area contributed by atoms with Gasteiger partial charge in [-0.15, -0.1) is 0 Å². The molecule has 5 rings (SSSR count). The lowest BCUT2D eigenvalue weighted by molar-refractivity contribution is 0.0690. The summed E-state index contributed by atoms with van der Waals surface area (Å²) < 4.78 is 13.1. The second kappa shape index (κ2) is 11.2. The van der Waals surface area contributed by atoms with Crippen LogP contribution in [0, 0.1) is 5.82 Å². The number of likely N-dealkylation sites (tertiary alicyclic amines) is 1. The van der Waals surface area contributed by atoms with Gasteiger partial charge in [-0.1, -0.05) is 0 Å². The second-order valence-electron chi connectivity index (χ2n) is 9.20. The standard InChI is InChI=1S/C28H30FN7O/c1-19(25-5-2-15-30-25)32-24-4-3-17-36(18-24)27(37)20-6-10-23(11-7-20)34-28-31-16-14-26(35-28)33-22-12-8-21(29)9-13-22/h2,5-16,19,24,30,32H,3-4,17-18H2,1H3,(H2,31,33,34,35). The van der Waals surface area contributed by atoms with Gasteiger partial charge in [0.2, 0.25) is 5.95 Å². The van der Waals surface area contributed by atoms with Crippen LogP contribution in [-0.4, -0.2) is 44.9 Å². The summed E-state index contributed by atoms with van der Waals surface area (Å²) in [5, 5.41) is 9.94. The molecule has 3 heterocycles. The molecular weight excluding hydrogens is 469 g/mol. The fourth-order valence-electron chi connectivity index (χ4n) is 4.53. The number of piperidine rings is 1. The predicted octanol–water partition coefficient (Wildman–Crippen LogP) is 5.39. The molecule has 0 bridgehead atoms. The number of nitrogens with one attached hydrogen (secondary N) is 4. The molecule has 2 unspecified atom stereocenters. The second-order valence-corrected chi connectivity index (χ2v) is 9.20. The molecule has 0 radical (unpaired) electrons. The highest BCUT2D eigenvalue weighted by Crippen LogP contribution is 2.21. The molecule has 2 aromatic carbocycles. The van der Waals surface area contributed by atoms with E-state index in [2.05, 4.69) is 43.9 Å². The summed E-state index contributed by atoms with van der Waals surface area (Å²) in [5.41, 5.74) is 3.29. The molecule has 4 N–H and O–H groups in total. The fraction of sp³-hybridized carbons (Fsp3) is 0.250. The van der Waals surface area contributed by atoms with Crippen LogP contribution in [0.3, 0.4) is 0 Å². The van der Waals surface area contributed by atoms with E-state index in [1.807, 2.05) is 41.4 Å². The maximum absolute atomic E-state index is 13.2. The third kappa shape index (κ3) is 6.31. The first kappa shape index (κ1) is 24.5. The Bertz CT molecular complexity index is 1310. The summed E-state index contributed by atoms with van der Waals surface area (Å²) in [4.78, 5) is 27.1. The molecular formula is C28H30FN7O. The largest absolute Gasteiger partial charge is 0.364 e. The molecule has 1 amide bonds. The molecule has 8 nitrogen and oxygen atoms in total. The highest BCUT2D eigenvalue weighted by Gasteiger charge is 2.25. The molecule has 2 atom stereocenters. The first-order valence-corrected chi connectivity index (χ1v) is 12.4. The molecule has 2 aromatic heterocycles. The van der Waals surface area contributed by atoms with Crippen molar-refractivity contribution in [3.05, 3.63) is 96.2 Å². The zero-order chi connectivity index (χ0) is 25.6. The van der Waals surface area contributed by atoms with Gasteiger partial charge in [-0.05, 0) is 86.5 Å². The van der Waals surface area contributed by atoms with Crippen molar-refractivity contribution in [3.63, 3.8) is 0 Å². The number of carbonyl (C=O) groups is 1. The molecule has 9 heteroatoms. The molecule has 0 spiro atoms. The Balaban J connectivity index is 1.18. The van der Waals surface area contributed by atoms with E-state index in [1.165, 1.54) is 12.1 Å². The SMILES string of the molecule is CC(NC1CCCN(C(=O)c2ccc(Nc3nccc(Nc4ccc(F)cc4)n3)cc2)C1)c1ccc[nH]1. The van der Waals surface area contributed by atoms with Crippen LogP contribution in [-0.2, 0) is 0 Å². The number of amides is 1. The summed E-state index contributed by atoms with van der Waals surface area (Å²) in [6.45, 7) is 3.58. The number of hydrogen-bond acceptors (Lipinski definition) is 6. The third-order valence-corrected chi connectivity index (χ3v) is 6.44. The Kier molecular flexibility index (Phi) is 7.41. The number of benzene rings is 2. The van der Waals surface area contributed by atoms with Crippen LogP contribution in [0.4, 0.5) is 27.5 Å². The zero-order valence-electron chi connectivity index (χ0n) is 20.6. The Hall–Kier alpha value is -4.24. The van der Waals surface area contributed by atoms with E-state index in [4.69, 9.17) is 0 Å². The topological polar surface area (TPSA) is 98.0 Å². The Labute approximate surface area is 215 Å². The molecule has 37 heavy (non-hydrogen) atoms. The number of aromatic amines is 1. The lowest BCUT2D eigenvalue weighted by Crippen LogP contribution is -2.48. The summed E-state index contributed by atoms with van der Waals surface area (Å²) in [5.74, 6) is 0.728. The van der Waals surface area contributed by atoms with Gasteiger partial charge in [0.25, 0.3) is 5.91 Å². The molecule has 0 saturated carbocycles. The number of aromatic nitrogens is 3. The molecule has 1 aliphatic rings. The van der Waals surface area contributed by atoms with Gasteiger partial charge in [-0.2, -0.15) is 4.98 Å². The van der Waals surface area contributed by atoms with Gasteiger partial charge in [-0.3, -0.25) is 4.79 Å². The number of H-pyrrole nitrogens is 1. The molecule has 1 fully saturated rings. The van der Waals surface area contributed by atoms with Crippen LogP contribution in [0.15, 0.2) is 79.1 Å². The lowest BCUT2D eigenvalue weighted by atomic mass is 10.0. The van der Waals surface area contributed by atoms with Gasteiger partial charge in [-0.25, -0.2) is 9.37 Å². The predicted molar refractivity (Wildman–Crippen MR) is 143 cm³/mol. The van der Waals surface area contributed by atoms with Gasteiger partial charge in [0, 0.05) is 60.2 Å². The maximum atomic E-state index is 13.2. The van der Waals surface area contributed by atoms with Crippen LogP contribution in [0.25, 0.3) is 0 Å². The van der Waals surface area contributed by atoms with Crippen molar-refractivity contribution in [1.82, 2.24) is 25.2 Å². The van der Waals surface area contributed by atoms with Crippen LogP contribution in [0.2, 0.25) is 0 Å².